The van der Waals surface area contributed by atoms with Gasteiger partial charge in [-0.25, -0.2) is 0 Å². The van der Waals surface area contributed by atoms with Crippen molar-refractivity contribution in [3.8, 4) is 0 Å². The van der Waals surface area contributed by atoms with Crippen molar-refractivity contribution in [2.75, 3.05) is 0 Å². The Kier molecular flexibility index (Phi) is 21.5. The first kappa shape index (κ1) is 36.6. The summed E-state index contributed by atoms with van der Waals surface area (Å²) < 4.78 is 0. The molecule has 0 fully saturated rings. The minimum atomic E-state index is 1.12. The van der Waals surface area contributed by atoms with Crippen LogP contribution in [-0.2, 0) is 0 Å². The number of rotatable bonds is 16. The standard InChI is InChI=1S/C40H56/c1-33(2)19-13-23-37(7)27-17-31-39(9)29-15-25-35(5)21-11-12-22-36(6)26-16-30-40(10)32-18-28-38(8)24-14-20-34(3)4/h11-12,15-22,25-32H,13-14,23-24H2,1-10H3/b12-11?,25-15+,26-16?,31-17+,32-18?,35-21+,36-22?,37-27+,38-28?,39-29+,40-30?. The van der Waals surface area contributed by atoms with Crippen molar-refractivity contribution < 1.29 is 0 Å². The van der Waals surface area contributed by atoms with Gasteiger partial charge in [-0.3, -0.25) is 0 Å². The maximum Gasteiger partial charge on any atom is -0.0285 e. The van der Waals surface area contributed by atoms with Crippen molar-refractivity contribution in [3.05, 3.63) is 154 Å². The van der Waals surface area contributed by atoms with Crippen molar-refractivity contribution in [1.29, 1.82) is 0 Å². The third kappa shape index (κ3) is 24.9. The van der Waals surface area contributed by atoms with Crippen LogP contribution >= 0.6 is 0 Å². The fraction of sp³-hybridized carbons (Fsp3) is 0.350. The normalized spacial score (nSPS) is 15.1. The number of hydrogen-bond acceptors (Lipinski definition) is 0. The molecule has 0 spiro atoms. The van der Waals surface area contributed by atoms with E-state index in [1.807, 2.05) is 0 Å². The Morgan fingerprint density at radius 2 is 0.625 bits per heavy atom. The molecule has 0 bridgehead atoms. The van der Waals surface area contributed by atoms with Crippen LogP contribution in [0.15, 0.2) is 154 Å². The van der Waals surface area contributed by atoms with Gasteiger partial charge >= 0.3 is 0 Å². The smallest absolute Gasteiger partial charge is 0.0285 e. The van der Waals surface area contributed by atoms with Gasteiger partial charge in [-0.15, -0.1) is 0 Å². The maximum atomic E-state index is 2.30. The molecule has 0 saturated carbocycles. The first-order chi connectivity index (χ1) is 19.0. The highest BCUT2D eigenvalue weighted by atomic mass is 13.9. The van der Waals surface area contributed by atoms with Gasteiger partial charge in [-0.05, 0) is 94.9 Å². The molecular weight excluding hydrogens is 480 g/mol. The van der Waals surface area contributed by atoms with E-state index in [1.165, 1.54) is 44.6 Å². The molecule has 0 heteroatoms. The lowest BCUT2D eigenvalue weighted by molar-refractivity contribution is 0.967. The Hall–Kier alpha value is -3.38. The Bertz CT molecular complexity index is 1050. The third-order valence-electron chi connectivity index (χ3n) is 5.93. The molecule has 0 radical (unpaired) electrons. The first-order valence-corrected chi connectivity index (χ1v) is 14.7. The summed E-state index contributed by atoms with van der Waals surface area (Å²) in [6, 6.07) is 0. The zero-order chi connectivity index (χ0) is 30.2. The van der Waals surface area contributed by atoms with Crippen molar-refractivity contribution in [2.24, 2.45) is 0 Å². The van der Waals surface area contributed by atoms with Gasteiger partial charge in [0.05, 0.1) is 0 Å². The fourth-order valence-corrected chi connectivity index (χ4v) is 3.41. The molecule has 216 valence electrons. The second kappa shape index (κ2) is 23.5. The van der Waals surface area contributed by atoms with Gasteiger partial charge in [0.2, 0.25) is 0 Å². The van der Waals surface area contributed by atoms with E-state index in [2.05, 4.69) is 179 Å². The van der Waals surface area contributed by atoms with Crippen molar-refractivity contribution in [2.45, 2.75) is 94.9 Å². The molecule has 0 atom stereocenters. The molecule has 0 heterocycles. The Morgan fingerprint density at radius 3 is 0.925 bits per heavy atom. The minimum absolute atomic E-state index is 1.12. The molecule has 0 rings (SSSR count). The summed E-state index contributed by atoms with van der Waals surface area (Å²) in [5.41, 5.74) is 10.5. The molecule has 0 aliphatic heterocycles. The second-order valence-corrected chi connectivity index (χ2v) is 11.1. The van der Waals surface area contributed by atoms with Crippen LogP contribution in [0.3, 0.4) is 0 Å². The van der Waals surface area contributed by atoms with Crippen LogP contribution in [0.2, 0.25) is 0 Å². The fourth-order valence-electron chi connectivity index (χ4n) is 3.41. The van der Waals surface area contributed by atoms with E-state index in [1.54, 1.807) is 0 Å². The summed E-state index contributed by atoms with van der Waals surface area (Å²) in [7, 11) is 0. The van der Waals surface area contributed by atoms with E-state index in [0.29, 0.717) is 0 Å². The predicted molar refractivity (Wildman–Crippen MR) is 186 cm³/mol. The third-order valence-corrected chi connectivity index (χ3v) is 5.93. The molecule has 0 aliphatic rings. The van der Waals surface area contributed by atoms with E-state index in [-0.39, 0.29) is 0 Å². The van der Waals surface area contributed by atoms with Crippen LogP contribution in [-0.4, -0.2) is 0 Å². The van der Waals surface area contributed by atoms with Crippen LogP contribution in [0, 0.1) is 0 Å². The average Bonchev–Trinajstić information content (AvgIpc) is 2.86. The summed E-state index contributed by atoms with van der Waals surface area (Å²) >= 11 is 0. The molecule has 40 heavy (non-hydrogen) atoms. The van der Waals surface area contributed by atoms with Gasteiger partial charge in [-0.1, -0.05) is 154 Å². The SMILES string of the molecule is CC(C)=CCCC(C)=CC=CC(C)=CC=CC(C)=CC=C/C=C(C)/C=C/C=C(C)/C=C/C=C(\C)CCC=C(C)C. The summed E-state index contributed by atoms with van der Waals surface area (Å²) in [6.45, 7) is 21.5. The zero-order valence-corrected chi connectivity index (χ0v) is 27.2. The minimum Gasteiger partial charge on any atom is -0.0856 e. The molecule has 0 amide bonds. The van der Waals surface area contributed by atoms with E-state index in [0.717, 1.165) is 25.7 Å². The molecule has 0 N–H and O–H groups in total. The molecule has 0 aromatic rings. The van der Waals surface area contributed by atoms with Gasteiger partial charge in [0.25, 0.3) is 0 Å². The van der Waals surface area contributed by atoms with Gasteiger partial charge in [0, 0.05) is 0 Å². The largest absolute Gasteiger partial charge is 0.0856 e. The number of hydrogen-bond donors (Lipinski definition) is 0. The first-order valence-electron chi connectivity index (χ1n) is 14.7. The number of allylic oxidation sites excluding steroid dienone is 26. The highest BCUT2D eigenvalue weighted by molar-refractivity contribution is 5.32. The van der Waals surface area contributed by atoms with E-state index in [4.69, 9.17) is 0 Å². The van der Waals surface area contributed by atoms with Crippen molar-refractivity contribution in [3.63, 3.8) is 0 Å². The lowest BCUT2D eigenvalue weighted by atomic mass is 10.1. The Balaban J connectivity index is 4.70. The molecule has 0 nitrogen and oxygen atoms in total. The van der Waals surface area contributed by atoms with Gasteiger partial charge in [0.1, 0.15) is 0 Å². The van der Waals surface area contributed by atoms with Crippen LogP contribution in [0.25, 0.3) is 0 Å². The van der Waals surface area contributed by atoms with Crippen LogP contribution < -0.4 is 0 Å². The van der Waals surface area contributed by atoms with Gasteiger partial charge < -0.3 is 0 Å². The quantitative estimate of drug-likeness (QED) is 0.136. The highest BCUT2D eigenvalue weighted by Crippen LogP contribution is 2.09. The Morgan fingerprint density at radius 1 is 0.350 bits per heavy atom. The summed E-state index contributed by atoms with van der Waals surface area (Å²) in [6.07, 6.45) is 43.3. The van der Waals surface area contributed by atoms with Crippen LogP contribution in [0.4, 0.5) is 0 Å². The summed E-state index contributed by atoms with van der Waals surface area (Å²) in [5, 5.41) is 0. The lowest BCUT2D eigenvalue weighted by Crippen LogP contribution is -1.76. The van der Waals surface area contributed by atoms with Crippen LogP contribution in [0.5, 0.6) is 0 Å². The zero-order valence-electron chi connectivity index (χ0n) is 27.2. The van der Waals surface area contributed by atoms with Gasteiger partial charge in [0.15, 0.2) is 0 Å². The molecule has 0 unspecified atom stereocenters. The molecular formula is C40H56. The summed E-state index contributed by atoms with van der Waals surface area (Å²) in [5.74, 6) is 0. The molecule has 0 aromatic heterocycles. The monoisotopic (exact) mass is 536 g/mol. The average molecular weight is 537 g/mol. The van der Waals surface area contributed by atoms with E-state index >= 15 is 0 Å². The Labute approximate surface area is 248 Å². The van der Waals surface area contributed by atoms with Crippen LogP contribution in [0.1, 0.15) is 94.9 Å². The van der Waals surface area contributed by atoms with Gasteiger partial charge in [-0.2, -0.15) is 0 Å². The second-order valence-electron chi connectivity index (χ2n) is 11.1. The van der Waals surface area contributed by atoms with E-state index in [9.17, 15) is 0 Å². The summed E-state index contributed by atoms with van der Waals surface area (Å²) in [4.78, 5) is 0. The highest BCUT2D eigenvalue weighted by Gasteiger charge is 1.88. The van der Waals surface area contributed by atoms with E-state index < -0.39 is 0 Å². The molecule has 0 aromatic carbocycles. The molecule has 0 aliphatic carbocycles. The van der Waals surface area contributed by atoms with Crippen molar-refractivity contribution in [1.82, 2.24) is 0 Å². The molecule has 0 saturated heterocycles. The lowest BCUT2D eigenvalue weighted by Gasteiger charge is -1.96. The topological polar surface area (TPSA) is 0 Å². The maximum absolute atomic E-state index is 2.30. The van der Waals surface area contributed by atoms with Crippen molar-refractivity contribution >= 4 is 0 Å². The predicted octanol–water partition coefficient (Wildman–Crippen LogP) is 12.9.